The van der Waals surface area contributed by atoms with Gasteiger partial charge >= 0.3 is 0 Å². The molecule has 0 fully saturated rings. The van der Waals surface area contributed by atoms with Gasteiger partial charge in [0.1, 0.15) is 39.4 Å². The van der Waals surface area contributed by atoms with Gasteiger partial charge in [0, 0.05) is 23.4 Å². The van der Waals surface area contributed by atoms with Gasteiger partial charge in [0.2, 0.25) is 11.3 Å². The highest BCUT2D eigenvalue weighted by atomic mass is 16.5. The summed E-state index contributed by atoms with van der Waals surface area (Å²) >= 11 is 0. The van der Waals surface area contributed by atoms with E-state index in [-0.39, 0.29) is 44.9 Å². The summed E-state index contributed by atoms with van der Waals surface area (Å²) in [4.78, 5) is 26.6. The summed E-state index contributed by atoms with van der Waals surface area (Å²) in [7, 11) is 1.45. The number of anilines is 2. The lowest BCUT2D eigenvalue weighted by molar-refractivity contribution is 0.413. The highest BCUT2D eigenvalue weighted by Gasteiger charge is 2.27. The SMILES string of the molecule is COc1c(-c2nc(-c3ccccc3)c(-c3ccccc3)[nH]2)c(O)cc2oc3c(c(=O)c12)C=Nc1ccccc1N3. The summed E-state index contributed by atoms with van der Waals surface area (Å²) in [5.41, 5.74) is 4.97. The third-order valence-electron chi connectivity index (χ3n) is 6.89. The second-order valence-corrected chi connectivity index (χ2v) is 9.29. The quantitative estimate of drug-likeness (QED) is 0.227. The summed E-state index contributed by atoms with van der Waals surface area (Å²) in [6.07, 6.45) is 1.49. The van der Waals surface area contributed by atoms with E-state index >= 15 is 0 Å². The third-order valence-corrected chi connectivity index (χ3v) is 6.89. The molecule has 8 nitrogen and oxygen atoms in total. The normalized spacial score (nSPS) is 11.9. The highest BCUT2D eigenvalue weighted by molar-refractivity contribution is 6.01. The van der Waals surface area contributed by atoms with Crippen molar-refractivity contribution in [2.24, 2.45) is 4.99 Å². The van der Waals surface area contributed by atoms with E-state index in [1.165, 1.54) is 19.4 Å². The predicted molar refractivity (Wildman–Crippen MR) is 156 cm³/mol. The van der Waals surface area contributed by atoms with Crippen LogP contribution in [0.3, 0.4) is 0 Å². The predicted octanol–water partition coefficient (Wildman–Crippen LogP) is 7.04. The van der Waals surface area contributed by atoms with E-state index in [0.717, 1.165) is 16.8 Å². The number of ether oxygens (including phenoxy) is 1. The molecular weight excluding hydrogens is 504 g/mol. The Morgan fingerprint density at radius 2 is 1.60 bits per heavy atom. The molecule has 0 saturated heterocycles. The lowest BCUT2D eigenvalue weighted by Crippen LogP contribution is -2.12. The van der Waals surface area contributed by atoms with Crippen LogP contribution >= 0.6 is 0 Å². The van der Waals surface area contributed by atoms with Gasteiger partial charge < -0.3 is 24.6 Å². The van der Waals surface area contributed by atoms with Crippen LogP contribution in [-0.4, -0.2) is 28.4 Å². The Hall–Kier alpha value is -5.63. The number of hydrogen-bond donors (Lipinski definition) is 3. The number of phenols is 1. The number of aromatic nitrogens is 2. The second kappa shape index (κ2) is 9.28. The molecule has 3 heterocycles. The molecular formula is C32H22N4O4. The molecule has 0 spiro atoms. The molecule has 1 aliphatic heterocycles. The fourth-order valence-electron chi connectivity index (χ4n) is 5.02. The molecule has 1 aliphatic rings. The zero-order chi connectivity index (χ0) is 27.2. The van der Waals surface area contributed by atoms with Crippen molar-refractivity contribution in [1.82, 2.24) is 9.97 Å². The van der Waals surface area contributed by atoms with Crippen LogP contribution in [0.4, 0.5) is 17.3 Å². The first kappa shape index (κ1) is 23.5. The second-order valence-electron chi connectivity index (χ2n) is 9.29. The number of aromatic hydroxyl groups is 1. The van der Waals surface area contributed by atoms with Crippen molar-refractivity contribution >= 4 is 34.4 Å². The Kier molecular flexibility index (Phi) is 5.45. The van der Waals surface area contributed by atoms with Crippen LogP contribution in [0.5, 0.6) is 11.5 Å². The molecule has 8 heteroatoms. The molecule has 4 aromatic carbocycles. The van der Waals surface area contributed by atoms with Gasteiger partial charge in [0.25, 0.3) is 0 Å². The first-order valence-corrected chi connectivity index (χ1v) is 12.6. The molecule has 2 aromatic heterocycles. The van der Waals surface area contributed by atoms with Crippen LogP contribution in [0.2, 0.25) is 0 Å². The van der Waals surface area contributed by atoms with Crippen LogP contribution in [0.25, 0.3) is 44.9 Å². The van der Waals surface area contributed by atoms with E-state index in [2.05, 4.69) is 15.3 Å². The minimum absolute atomic E-state index is 0.148. The fourth-order valence-corrected chi connectivity index (χ4v) is 5.02. The number of para-hydroxylation sites is 2. The summed E-state index contributed by atoms with van der Waals surface area (Å²) in [5.74, 6) is 0.580. The molecule has 0 amide bonds. The summed E-state index contributed by atoms with van der Waals surface area (Å²) < 4.78 is 11.9. The fraction of sp³-hybridized carbons (Fsp3) is 0.0312. The van der Waals surface area contributed by atoms with Crippen molar-refractivity contribution in [3.05, 3.63) is 107 Å². The molecule has 0 bridgehead atoms. The van der Waals surface area contributed by atoms with Gasteiger partial charge in [-0.05, 0) is 12.1 Å². The van der Waals surface area contributed by atoms with Crippen molar-refractivity contribution in [2.45, 2.75) is 0 Å². The van der Waals surface area contributed by atoms with Crippen molar-refractivity contribution in [3.8, 4) is 45.4 Å². The van der Waals surface area contributed by atoms with Crippen LogP contribution in [0.15, 0.2) is 105 Å². The monoisotopic (exact) mass is 526 g/mol. The third kappa shape index (κ3) is 3.73. The van der Waals surface area contributed by atoms with Crippen LogP contribution < -0.4 is 15.5 Å². The largest absolute Gasteiger partial charge is 0.507 e. The number of benzene rings is 4. The average Bonchev–Trinajstić information content (AvgIpc) is 3.33. The maximum Gasteiger partial charge on any atom is 0.210 e. The van der Waals surface area contributed by atoms with Gasteiger partial charge in [-0.15, -0.1) is 0 Å². The molecule has 0 radical (unpaired) electrons. The Balaban J connectivity index is 1.47. The zero-order valence-electron chi connectivity index (χ0n) is 21.3. The summed E-state index contributed by atoms with van der Waals surface area (Å²) in [6, 6.07) is 28.4. The molecule has 0 saturated carbocycles. The van der Waals surface area contributed by atoms with E-state index in [1.54, 1.807) is 0 Å². The van der Waals surface area contributed by atoms with Crippen molar-refractivity contribution < 1.29 is 14.3 Å². The number of nitrogens with zero attached hydrogens (tertiary/aromatic N) is 2. The first-order valence-electron chi connectivity index (χ1n) is 12.6. The average molecular weight is 527 g/mol. The number of nitrogens with one attached hydrogen (secondary N) is 2. The first-order chi connectivity index (χ1) is 19.6. The lowest BCUT2D eigenvalue weighted by atomic mass is 10.1. The lowest BCUT2D eigenvalue weighted by Gasteiger charge is -2.14. The van der Waals surface area contributed by atoms with Crippen molar-refractivity contribution in [2.75, 3.05) is 12.4 Å². The molecule has 3 N–H and O–H groups in total. The number of methoxy groups -OCH3 is 1. The Labute approximate surface area is 228 Å². The maximum absolute atomic E-state index is 13.9. The number of hydrogen-bond acceptors (Lipinski definition) is 7. The standard InChI is InChI=1S/C32H22N4O4/c1-39-30-25(31-35-27(18-10-4-2-5-11-18)28(36-31)19-12-6-3-7-13-19)23(37)16-24-26(30)29(38)20-17-33-21-14-8-9-15-22(21)34-32(20)40-24/h2-17,34,37H,1H3,(H,35,36). The number of rotatable bonds is 4. The number of H-pyrrole nitrogens is 1. The number of aliphatic imine (C=N–C) groups is 1. The van der Waals surface area contributed by atoms with Gasteiger partial charge in [-0.2, -0.15) is 0 Å². The van der Waals surface area contributed by atoms with Crippen LogP contribution in [-0.2, 0) is 0 Å². The number of phenolic OH excluding ortho intramolecular Hbond substituents is 1. The Morgan fingerprint density at radius 3 is 2.35 bits per heavy atom. The molecule has 194 valence electrons. The topological polar surface area (TPSA) is 113 Å². The van der Waals surface area contributed by atoms with E-state index in [1.807, 2.05) is 84.9 Å². The molecule has 0 unspecified atom stereocenters. The zero-order valence-corrected chi connectivity index (χ0v) is 21.3. The summed E-state index contributed by atoms with van der Waals surface area (Å²) in [5, 5.41) is 14.6. The van der Waals surface area contributed by atoms with E-state index < -0.39 is 0 Å². The Bertz CT molecular complexity index is 1940. The number of fused-ring (bicyclic) bond motifs is 3. The van der Waals surface area contributed by atoms with Gasteiger partial charge in [-0.3, -0.25) is 9.79 Å². The van der Waals surface area contributed by atoms with Crippen molar-refractivity contribution in [1.29, 1.82) is 0 Å². The Morgan fingerprint density at radius 1 is 0.900 bits per heavy atom. The molecule has 6 aromatic rings. The number of imidazole rings is 1. The maximum atomic E-state index is 13.9. The molecule has 0 atom stereocenters. The highest BCUT2D eigenvalue weighted by Crippen LogP contribution is 2.44. The minimum atomic E-state index is -0.350. The molecule has 40 heavy (non-hydrogen) atoms. The van der Waals surface area contributed by atoms with Crippen LogP contribution in [0, 0.1) is 0 Å². The van der Waals surface area contributed by atoms with Gasteiger partial charge in [-0.1, -0.05) is 72.8 Å². The van der Waals surface area contributed by atoms with Crippen LogP contribution in [0.1, 0.15) is 5.56 Å². The number of aromatic amines is 1. The van der Waals surface area contributed by atoms with Gasteiger partial charge in [0.15, 0.2) is 0 Å². The molecule has 0 aliphatic carbocycles. The van der Waals surface area contributed by atoms with Gasteiger partial charge in [0.05, 0.1) is 29.9 Å². The van der Waals surface area contributed by atoms with E-state index in [9.17, 15) is 9.90 Å². The minimum Gasteiger partial charge on any atom is -0.507 e. The van der Waals surface area contributed by atoms with Crippen molar-refractivity contribution in [3.63, 3.8) is 0 Å². The van der Waals surface area contributed by atoms with Gasteiger partial charge in [-0.25, -0.2) is 4.98 Å². The molecule has 7 rings (SSSR count). The van der Waals surface area contributed by atoms with E-state index in [0.29, 0.717) is 22.9 Å². The summed E-state index contributed by atoms with van der Waals surface area (Å²) in [6.45, 7) is 0. The van der Waals surface area contributed by atoms with E-state index in [4.69, 9.17) is 14.1 Å². The smallest absolute Gasteiger partial charge is 0.210 e.